The normalized spacial score (nSPS) is 25.6. The standard InChI is InChI=1S/C14H31N5/c1-16-7-9-19(10-8-16)14-13-18-5-2-4-17(6-3-15)11-12-18/h2-15H2,1H3. The van der Waals surface area contributed by atoms with Crippen molar-refractivity contribution in [3.8, 4) is 0 Å². The molecular weight excluding hydrogens is 238 g/mol. The fourth-order valence-corrected chi connectivity index (χ4v) is 3.01. The molecule has 2 fully saturated rings. The van der Waals surface area contributed by atoms with Crippen LogP contribution in [-0.2, 0) is 0 Å². The highest BCUT2D eigenvalue weighted by Crippen LogP contribution is 2.04. The van der Waals surface area contributed by atoms with E-state index in [4.69, 9.17) is 5.73 Å². The van der Waals surface area contributed by atoms with Gasteiger partial charge in [-0.15, -0.1) is 0 Å². The zero-order chi connectivity index (χ0) is 13.5. The monoisotopic (exact) mass is 269 g/mol. The van der Waals surface area contributed by atoms with Crippen LogP contribution in [0.1, 0.15) is 6.42 Å². The van der Waals surface area contributed by atoms with Crippen molar-refractivity contribution in [2.24, 2.45) is 5.73 Å². The van der Waals surface area contributed by atoms with E-state index in [1.807, 2.05) is 0 Å². The van der Waals surface area contributed by atoms with Gasteiger partial charge in [-0.2, -0.15) is 0 Å². The summed E-state index contributed by atoms with van der Waals surface area (Å²) >= 11 is 0. The van der Waals surface area contributed by atoms with Crippen LogP contribution in [0.3, 0.4) is 0 Å². The van der Waals surface area contributed by atoms with E-state index in [0.29, 0.717) is 0 Å². The van der Waals surface area contributed by atoms with Gasteiger partial charge in [0.15, 0.2) is 0 Å². The zero-order valence-electron chi connectivity index (χ0n) is 12.6. The van der Waals surface area contributed by atoms with Gasteiger partial charge in [0.25, 0.3) is 0 Å². The topological polar surface area (TPSA) is 39.0 Å². The molecule has 112 valence electrons. The predicted octanol–water partition coefficient (Wildman–Crippen LogP) is -0.800. The van der Waals surface area contributed by atoms with Crippen LogP contribution in [0.25, 0.3) is 0 Å². The molecule has 0 bridgehead atoms. The molecule has 2 saturated heterocycles. The lowest BCUT2D eigenvalue weighted by Gasteiger charge is -2.33. The minimum Gasteiger partial charge on any atom is -0.329 e. The highest BCUT2D eigenvalue weighted by atomic mass is 15.3. The minimum atomic E-state index is 0.793. The molecule has 2 heterocycles. The van der Waals surface area contributed by atoms with Crippen molar-refractivity contribution in [1.29, 1.82) is 0 Å². The smallest absolute Gasteiger partial charge is 0.0110 e. The molecule has 0 aromatic rings. The Labute approximate surface area is 118 Å². The summed E-state index contributed by atoms with van der Waals surface area (Å²) in [5, 5.41) is 0. The average molecular weight is 269 g/mol. The molecule has 0 amide bonds. The zero-order valence-corrected chi connectivity index (χ0v) is 12.6. The first kappa shape index (κ1) is 15.2. The van der Waals surface area contributed by atoms with Gasteiger partial charge in [0.2, 0.25) is 0 Å². The van der Waals surface area contributed by atoms with Gasteiger partial charge in [-0.1, -0.05) is 0 Å². The maximum atomic E-state index is 5.65. The van der Waals surface area contributed by atoms with Gasteiger partial charge in [0.1, 0.15) is 0 Å². The van der Waals surface area contributed by atoms with Gasteiger partial charge in [0.05, 0.1) is 0 Å². The summed E-state index contributed by atoms with van der Waals surface area (Å²) in [6.45, 7) is 14.2. The first-order valence-corrected chi connectivity index (χ1v) is 7.83. The largest absolute Gasteiger partial charge is 0.329 e. The van der Waals surface area contributed by atoms with E-state index in [9.17, 15) is 0 Å². The fraction of sp³-hybridized carbons (Fsp3) is 1.00. The van der Waals surface area contributed by atoms with Gasteiger partial charge in [-0.25, -0.2) is 0 Å². The van der Waals surface area contributed by atoms with Crippen molar-refractivity contribution < 1.29 is 0 Å². The van der Waals surface area contributed by atoms with E-state index in [0.717, 1.165) is 13.1 Å². The predicted molar refractivity (Wildman–Crippen MR) is 80.5 cm³/mol. The number of nitrogens with zero attached hydrogens (tertiary/aromatic N) is 4. The first-order valence-electron chi connectivity index (χ1n) is 7.83. The Kier molecular flexibility index (Phi) is 6.53. The molecule has 0 aromatic carbocycles. The van der Waals surface area contributed by atoms with Crippen LogP contribution in [0.15, 0.2) is 0 Å². The third kappa shape index (κ3) is 5.36. The molecule has 2 aliphatic rings. The maximum Gasteiger partial charge on any atom is 0.0110 e. The SMILES string of the molecule is CN1CCN(CCN2CCCN(CCN)CC2)CC1. The van der Waals surface area contributed by atoms with Crippen molar-refractivity contribution in [2.45, 2.75) is 6.42 Å². The highest BCUT2D eigenvalue weighted by Gasteiger charge is 2.17. The van der Waals surface area contributed by atoms with Crippen LogP contribution in [-0.4, -0.2) is 105 Å². The van der Waals surface area contributed by atoms with Crippen LogP contribution in [0, 0.1) is 0 Å². The highest BCUT2D eigenvalue weighted by molar-refractivity contribution is 4.74. The van der Waals surface area contributed by atoms with Gasteiger partial charge < -0.3 is 20.4 Å². The molecular formula is C14H31N5. The van der Waals surface area contributed by atoms with Crippen molar-refractivity contribution in [1.82, 2.24) is 19.6 Å². The molecule has 0 saturated carbocycles. The van der Waals surface area contributed by atoms with Crippen molar-refractivity contribution in [2.75, 3.05) is 85.6 Å². The average Bonchev–Trinajstić information content (AvgIpc) is 2.64. The molecule has 5 heteroatoms. The summed E-state index contributed by atoms with van der Waals surface area (Å²) in [7, 11) is 2.22. The summed E-state index contributed by atoms with van der Waals surface area (Å²) in [5.41, 5.74) is 5.65. The quantitative estimate of drug-likeness (QED) is 0.707. The molecule has 2 aliphatic heterocycles. The number of hydrogen-bond acceptors (Lipinski definition) is 5. The molecule has 2 N–H and O–H groups in total. The molecule has 0 aliphatic carbocycles. The molecule has 19 heavy (non-hydrogen) atoms. The Bertz CT molecular complexity index is 240. The molecule has 0 aromatic heterocycles. The third-order valence-electron chi connectivity index (χ3n) is 4.45. The van der Waals surface area contributed by atoms with Crippen LogP contribution >= 0.6 is 0 Å². The Morgan fingerprint density at radius 2 is 1.16 bits per heavy atom. The third-order valence-corrected chi connectivity index (χ3v) is 4.45. The molecule has 5 nitrogen and oxygen atoms in total. The Balaban J connectivity index is 1.63. The summed E-state index contributed by atoms with van der Waals surface area (Å²) in [6.07, 6.45) is 1.29. The van der Waals surface area contributed by atoms with Crippen molar-refractivity contribution in [3.05, 3.63) is 0 Å². The lowest BCUT2D eigenvalue weighted by atomic mass is 10.3. The summed E-state index contributed by atoms with van der Waals surface area (Å²) in [4.78, 5) is 10.2. The number of rotatable bonds is 5. The second kappa shape index (κ2) is 8.17. The van der Waals surface area contributed by atoms with Gasteiger partial charge in [-0.3, -0.25) is 4.90 Å². The Morgan fingerprint density at radius 3 is 1.74 bits per heavy atom. The second-order valence-electron chi connectivity index (χ2n) is 5.97. The Morgan fingerprint density at radius 1 is 0.684 bits per heavy atom. The molecule has 0 unspecified atom stereocenters. The molecule has 0 radical (unpaired) electrons. The fourth-order valence-electron chi connectivity index (χ4n) is 3.01. The number of hydrogen-bond donors (Lipinski definition) is 1. The number of likely N-dealkylation sites (N-methyl/N-ethyl adjacent to an activating group) is 1. The molecule has 0 spiro atoms. The molecule has 0 atom stereocenters. The summed E-state index contributed by atoms with van der Waals surface area (Å²) < 4.78 is 0. The second-order valence-corrected chi connectivity index (χ2v) is 5.97. The molecule has 2 rings (SSSR count). The maximum absolute atomic E-state index is 5.65. The van der Waals surface area contributed by atoms with E-state index in [1.54, 1.807) is 0 Å². The van der Waals surface area contributed by atoms with Crippen LogP contribution in [0.2, 0.25) is 0 Å². The summed E-state index contributed by atoms with van der Waals surface area (Å²) in [5.74, 6) is 0. The Hall–Kier alpha value is -0.200. The summed E-state index contributed by atoms with van der Waals surface area (Å²) in [6, 6.07) is 0. The van der Waals surface area contributed by atoms with E-state index in [2.05, 4.69) is 26.6 Å². The van der Waals surface area contributed by atoms with E-state index in [-0.39, 0.29) is 0 Å². The van der Waals surface area contributed by atoms with Crippen LogP contribution < -0.4 is 5.73 Å². The minimum absolute atomic E-state index is 0.793. The lowest BCUT2D eigenvalue weighted by Crippen LogP contribution is -2.47. The van der Waals surface area contributed by atoms with Gasteiger partial charge in [-0.05, 0) is 26.6 Å². The van der Waals surface area contributed by atoms with E-state index in [1.165, 1.54) is 71.9 Å². The van der Waals surface area contributed by atoms with E-state index >= 15 is 0 Å². The van der Waals surface area contributed by atoms with Gasteiger partial charge in [0, 0.05) is 65.4 Å². The number of nitrogens with two attached hydrogens (primary N) is 1. The number of piperazine rings is 1. The lowest BCUT2D eigenvalue weighted by molar-refractivity contribution is 0.135. The van der Waals surface area contributed by atoms with E-state index < -0.39 is 0 Å². The van der Waals surface area contributed by atoms with Crippen LogP contribution in [0.5, 0.6) is 0 Å². The first-order chi connectivity index (χ1) is 9.28. The van der Waals surface area contributed by atoms with Gasteiger partial charge >= 0.3 is 0 Å². The van der Waals surface area contributed by atoms with Crippen molar-refractivity contribution >= 4 is 0 Å². The van der Waals surface area contributed by atoms with Crippen molar-refractivity contribution in [3.63, 3.8) is 0 Å². The van der Waals surface area contributed by atoms with Crippen LogP contribution in [0.4, 0.5) is 0 Å².